The summed E-state index contributed by atoms with van der Waals surface area (Å²) in [6.07, 6.45) is 0. The van der Waals surface area contributed by atoms with Crippen molar-refractivity contribution in [2.75, 3.05) is 12.4 Å². The lowest BCUT2D eigenvalue weighted by atomic mass is 9.84. The Morgan fingerprint density at radius 3 is 2.27 bits per heavy atom. The van der Waals surface area contributed by atoms with E-state index in [9.17, 15) is 16.8 Å². The number of sulfone groups is 1. The Hall–Kier alpha value is -0.920. The Bertz CT molecular complexity index is 746. The van der Waals surface area contributed by atoms with Gasteiger partial charge in [-0.1, -0.05) is 24.6 Å². The second-order valence-corrected chi connectivity index (χ2v) is 10.8. The Labute approximate surface area is 132 Å². The van der Waals surface area contributed by atoms with Crippen molar-refractivity contribution in [3.63, 3.8) is 0 Å². The second kappa shape index (κ2) is 5.62. The highest BCUT2D eigenvalue weighted by atomic mass is 32.2. The van der Waals surface area contributed by atoms with Crippen LogP contribution in [0.4, 0.5) is 0 Å². The molecule has 0 unspecified atom stereocenters. The standard InChI is InChI=1S/C15H22O5S2/c1-11-5-7-13(8-6-11)22(18,19)20-9-12(2)14-10-21(16,17)15(14,3)4/h5-8,12,14H,9-10H2,1-4H3/t12-,14-/m1/s1. The van der Waals surface area contributed by atoms with Gasteiger partial charge in [-0.05, 0) is 44.7 Å². The number of hydrogen-bond donors (Lipinski definition) is 0. The molecule has 1 heterocycles. The molecule has 0 aromatic heterocycles. The summed E-state index contributed by atoms with van der Waals surface area (Å²) in [6.45, 7) is 7.05. The van der Waals surface area contributed by atoms with Crippen LogP contribution < -0.4 is 0 Å². The van der Waals surface area contributed by atoms with E-state index in [2.05, 4.69) is 0 Å². The Kier molecular flexibility index (Phi) is 4.45. The highest BCUT2D eigenvalue weighted by Gasteiger charge is 2.55. The lowest BCUT2D eigenvalue weighted by Crippen LogP contribution is -2.58. The highest BCUT2D eigenvalue weighted by Crippen LogP contribution is 2.43. The van der Waals surface area contributed by atoms with Gasteiger partial charge in [0.1, 0.15) is 0 Å². The summed E-state index contributed by atoms with van der Waals surface area (Å²) in [6, 6.07) is 6.43. The molecule has 1 saturated heterocycles. The number of aryl methyl sites for hydroxylation is 1. The van der Waals surface area contributed by atoms with Crippen molar-refractivity contribution in [1.29, 1.82) is 0 Å². The SMILES string of the molecule is Cc1ccc(S(=O)(=O)OC[C@@H](C)[C@H]2CS(=O)(=O)C2(C)C)cc1. The largest absolute Gasteiger partial charge is 0.296 e. The van der Waals surface area contributed by atoms with Crippen LogP contribution in [0.15, 0.2) is 29.2 Å². The molecular weight excluding hydrogens is 324 g/mol. The van der Waals surface area contributed by atoms with E-state index >= 15 is 0 Å². The zero-order chi connectivity index (χ0) is 16.8. The van der Waals surface area contributed by atoms with E-state index in [4.69, 9.17) is 4.18 Å². The van der Waals surface area contributed by atoms with Crippen LogP contribution in [0.3, 0.4) is 0 Å². The van der Waals surface area contributed by atoms with Crippen molar-refractivity contribution in [3.05, 3.63) is 29.8 Å². The van der Waals surface area contributed by atoms with E-state index in [0.717, 1.165) is 5.56 Å². The normalized spacial score (nSPS) is 24.5. The fraction of sp³-hybridized carbons (Fsp3) is 0.600. The van der Waals surface area contributed by atoms with Crippen LogP contribution in [0, 0.1) is 18.8 Å². The average molecular weight is 346 g/mol. The van der Waals surface area contributed by atoms with Gasteiger partial charge in [-0.15, -0.1) is 0 Å². The summed E-state index contributed by atoms with van der Waals surface area (Å²) in [5, 5.41) is 0. The molecule has 0 N–H and O–H groups in total. The first-order valence-electron chi connectivity index (χ1n) is 7.16. The van der Waals surface area contributed by atoms with Crippen LogP contribution in [0.5, 0.6) is 0 Å². The third kappa shape index (κ3) is 3.07. The first-order valence-corrected chi connectivity index (χ1v) is 10.2. The molecule has 1 aromatic rings. The van der Waals surface area contributed by atoms with E-state index in [0.29, 0.717) is 0 Å². The molecule has 0 radical (unpaired) electrons. The maximum absolute atomic E-state index is 12.1. The fourth-order valence-corrected chi connectivity index (χ4v) is 5.84. The van der Waals surface area contributed by atoms with E-state index in [1.54, 1.807) is 26.0 Å². The van der Waals surface area contributed by atoms with E-state index in [1.807, 2.05) is 13.8 Å². The van der Waals surface area contributed by atoms with Gasteiger partial charge in [0.2, 0.25) is 0 Å². The smallest absolute Gasteiger partial charge is 0.266 e. The molecule has 124 valence electrons. The Morgan fingerprint density at radius 2 is 1.82 bits per heavy atom. The van der Waals surface area contributed by atoms with Crippen LogP contribution in [0.2, 0.25) is 0 Å². The van der Waals surface area contributed by atoms with Crippen molar-refractivity contribution < 1.29 is 21.0 Å². The van der Waals surface area contributed by atoms with Gasteiger partial charge in [0, 0.05) is 0 Å². The highest BCUT2D eigenvalue weighted by molar-refractivity contribution is 7.94. The summed E-state index contributed by atoms with van der Waals surface area (Å²) in [5.74, 6) is -0.153. The third-order valence-electron chi connectivity index (χ3n) is 4.58. The first kappa shape index (κ1) is 17.4. The minimum atomic E-state index is -3.81. The van der Waals surface area contributed by atoms with Crippen molar-refractivity contribution >= 4 is 20.0 Å². The molecule has 0 aliphatic carbocycles. The van der Waals surface area contributed by atoms with Crippen LogP contribution in [0.1, 0.15) is 26.3 Å². The monoisotopic (exact) mass is 346 g/mol. The van der Waals surface area contributed by atoms with Gasteiger partial charge in [0.25, 0.3) is 10.1 Å². The Morgan fingerprint density at radius 1 is 1.27 bits per heavy atom. The zero-order valence-electron chi connectivity index (χ0n) is 13.2. The molecule has 2 rings (SSSR count). The fourth-order valence-electron chi connectivity index (χ4n) is 2.72. The van der Waals surface area contributed by atoms with Gasteiger partial charge in [-0.3, -0.25) is 4.18 Å². The summed E-state index contributed by atoms with van der Waals surface area (Å²) in [4.78, 5) is 0.116. The molecule has 0 spiro atoms. The van der Waals surface area contributed by atoms with Crippen LogP contribution >= 0.6 is 0 Å². The Balaban J connectivity index is 2.02. The first-order chi connectivity index (χ1) is 9.97. The van der Waals surface area contributed by atoms with Crippen molar-refractivity contribution in [2.45, 2.75) is 37.3 Å². The van der Waals surface area contributed by atoms with Gasteiger partial charge in [0.05, 0.1) is 22.0 Å². The molecule has 7 heteroatoms. The number of benzene rings is 1. The van der Waals surface area contributed by atoms with Gasteiger partial charge < -0.3 is 0 Å². The molecular formula is C15H22O5S2. The minimum Gasteiger partial charge on any atom is -0.266 e. The lowest BCUT2D eigenvalue weighted by Gasteiger charge is -2.46. The van der Waals surface area contributed by atoms with Gasteiger partial charge in [-0.2, -0.15) is 8.42 Å². The van der Waals surface area contributed by atoms with Gasteiger partial charge in [-0.25, -0.2) is 8.42 Å². The number of rotatable bonds is 5. The van der Waals surface area contributed by atoms with Gasteiger partial charge in [0.15, 0.2) is 9.84 Å². The molecule has 22 heavy (non-hydrogen) atoms. The summed E-state index contributed by atoms with van der Waals surface area (Å²) >= 11 is 0. The molecule has 1 aliphatic heterocycles. The average Bonchev–Trinajstić information content (AvgIpc) is 2.43. The quantitative estimate of drug-likeness (QED) is 0.764. The van der Waals surface area contributed by atoms with E-state index in [1.165, 1.54) is 12.1 Å². The maximum atomic E-state index is 12.1. The molecule has 1 aliphatic rings. The van der Waals surface area contributed by atoms with E-state index < -0.39 is 24.7 Å². The van der Waals surface area contributed by atoms with Crippen molar-refractivity contribution in [1.82, 2.24) is 0 Å². The molecule has 0 saturated carbocycles. The molecule has 0 amide bonds. The maximum Gasteiger partial charge on any atom is 0.296 e. The van der Waals surface area contributed by atoms with Crippen molar-refractivity contribution in [2.24, 2.45) is 11.8 Å². The number of hydrogen-bond acceptors (Lipinski definition) is 5. The summed E-state index contributed by atoms with van der Waals surface area (Å²) in [5.41, 5.74) is 0.966. The van der Waals surface area contributed by atoms with Gasteiger partial charge >= 0.3 is 0 Å². The second-order valence-electron chi connectivity index (χ2n) is 6.52. The third-order valence-corrected chi connectivity index (χ3v) is 8.58. The zero-order valence-corrected chi connectivity index (χ0v) is 14.9. The predicted molar refractivity (Wildman–Crippen MR) is 84.8 cm³/mol. The summed E-state index contributed by atoms with van der Waals surface area (Å²) < 4.78 is 52.0. The molecule has 1 fully saturated rings. The summed E-state index contributed by atoms with van der Waals surface area (Å²) in [7, 11) is -6.87. The van der Waals surface area contributed by atoms with Crippen LogP contribution in [-0.4, -0.2) is 33.9 Å². The van der Waals surface area contributed by atoms with Crippen LogP contribution in [-0.2, 0) is 24.1 Å². The molecule has 5 nitrogen and oxygen atoms in total. The van der Waals surface area contributed by atoms with Crippen molar-refractivity contribution in [3.8, 4) is 0 Å². The van der Waals surface area contributed by atoms with Crippen LogP contribution in [0.25, 0.3) is 0 Å². The lowest BCUT2D eigenvalue weighted by molar-refractivity contribution is 0.184. The minimum absolute atomic E-state index is 0.0141. The molecule has 0 bridgehead atoms. The predicted octanol–water partition coefficient (Wildman–Crippen LogP) is 2.16. The van der Waals surface area contributed by atoms with E-state index in [-0.39, 0.29) is 29.1 Å². The topological polar surface area (TPSA) is 77.5 Å². The molecule has 2 atom stereocenters. The molecule has 1 aromatic carbocycles.